The van der Waals surface area contributed by atoms with Crippen molar-refractivity contribution >= 4 is 27.3 Å². The van der Waals surface area contributed by atoms with Gasteiger partial charge in [-0.15, -0.1) is 5.10 Å². The molecule has 0 saturated heterocycles. The van der Waals surface area contributed by atoms with Crippen molar-refractivity contribution in [1.82, 2.24) is 30.0 Å². The van der Waals surface area contributed by atoms with E-state index in [9.17, 15) is 22.0 Å². The predicted molar refractivity (Wildman–Crippen MR) is 109 cm³/mol. The van der Waals surface area contributed by atoms with Crippen molar-refractivity contribution in [2.75, 3.05) is 13.4 Å². The van der Waals surface area contributed by atoms with E-state index in [0.29, 0.717) is 5.02 Å². The maximum absolute atomic E-state index is 13.2. The molecule has 3 aromatic rings. The van der Waals surface area contributed by atoms with Crippen LogP contribution in [0.4, 0.5) is 8.78 Å². The van der Waals surface area contributed by atoms with Gasteiger partial charge in [-0.3, -0.25) is 4.79 Å². The normalized spacial score (nSPS) is 12.6. The predicted octanol–water partition coefficient (Wildman–Crippen LogP) is 2.55. The lowest BCUT2D eigenvalue weighted by Crippen LogP contribution is -2.29. The fourth-order valence-electron chi connectivity index (χ4n) is 2.67. The van der Waals surface area contributed by atoms with E-state index in [2.05, 4.69) is 25.4 Å². The van der Waals surface area contributed by atoms with Crippen molar-refractivity contribution in [1.29, 1.82) is 0 Å². The summed E-state index contributed by atoms with van der Waals surface area (Å²) in [6.07, 6.45) is 0.583. The monoisotopic (exact) mass is 486 g/mol. The third-order valence-corrected chi connectivity index (χ3v) is 5.48. The van der Waals surface area contributed by atoms with E-state index in [0.717, 1.165) is 24.5 Å². The Labute approximate surface area is 186 Å². The quantitative estimate of drug-likeness (QED) is 0.539. The number of hydrogen-bond donors (Lipinski definition) is 1. The summed E-state index contributed by atoms with van der Waals surface area (Å²) >= 11 is 5.80. The lowest BCUT2D eigenvalue weighted by Gasteiger charge is -2.15. The summed E-state index contributed by atoms with van der Waals surface area (Å²) in [6.45, 7) is 1.56. The standard InChI is InChI=1S/C18H17ClF2N6O4S/c1-9(15-25-18(31-2)26-27(15)17-22-7-12(19)8-23-17)24-16(28)11-4-10(14(20)21)5-13(6-11)32(3,29)30/h4-9,14H,1-3H3,(H,24,28)/t9-/m0/s1. The average molecular weight is 487 g/mol. The van der Waals surface area contributed by atoms with Crippen LogP contribution in [0.2, 0.25) is 5.02 Å². The first-order valence-corrected chi connectivity index (χ1v) is 11.2. The SMILES string of the molecule is COc1nc([C@H](C)NC(=O)c2cc(C(F)F)cc(S(C)(=O)=O)c2)n(-c2ncc(Cl)cn2)n1. The molecule has 0 aliphatic heterocycles. The summed E-state index contributed by atoms with van der Waals surface area (Å²) in [6, 6.07) is 1.93. The molecule has 0 bridgehead atoms. The van der Waals surface area contributed by atoms with Crippen LogP contribution < -0.4 is 10.1 Å². The molecule has 0 radical (unpaired) electrons. The van der Waals surface area contributed by atoms with Gasteiger partial charge in [-0.1, -0.05) is 11.6 Å². The minimum absolute atomic E-state index is 0.0290. The second-order valence-corrected chi connectivity index (χ2v) is 9.08. The Morgan fingerprint density at radius 2 is 1.88 bits per heavy atom. The molecule has 3 rings (SSSR count). The molecule has 1 amide bonds. The summed E-state index contributed by atoms with van der Waals surface area (Å²) in [5.74, 6) is -0.526. The van der Waals surface area contributed by atoms with Gasteiger partial charge in [-0.2, -0.15) is 9.67 Å². The second-order valence-electron chi connectivity index (χ2n) is 6.63. The zero-order chi connectivity index (χ0) is 23.6. The molecule has 2 heterocycles. The van der Waals surface area contributed by atoms with Crippen molar-refractivity contribution < 1.29 is 26.7 Å². The summed E-state index contributed by atoms with van der Waals surface area (Å²) in [5, 5.41) is 6.97. The number of nitrogens with one attached hydrogen (secondary N) is 1. The van der Waals surface area contributed by atoms with E-state index in [1.807, 2.05) is 0 Å². The molecule has 0 aliphatic rings. The van der Waals surface area contributed by atoms with Crippen LogP contribution in [-0.2, 0) is 9.84 Å². The average Bonchev–Trinajstić information content (AvgIpc) is 3.18. The first-order valence-electron chi connectivity index (χ1n) is 8.92. The Morgan fingerprint density at radius 1 is 1.22 bits per heavy atom. The molecule has 0 spiro atoms. The number of halogens is 3. The van der Waals surface area contributed by atoms with Crippen LogP contribution in [0, 0.1) is 0 Å². The lowest BCUT2D eigenvalue weighted by atomic mass is 10.1. The molecule has 10 nitrogen and oxygen atoms in total. The summed E-state index contributed by atoms with van der Waals surface area (Å²) in [7, 11) is -2.48. The fraction of sp³-hybridized carbons (Fsp3) is 0.278. The molecule has 14 heteroatoms. The molecular weight excluding hydrogens is 470 g/mol. The fourth-order valence-corrected chi connectivity index (χ4v) is 3.46. The van der Waals surface area contributed by atoms with E-state index in [1.165, 1.54) is 24.2 Å². The Morgan fingerprint density at radius 3 is 2.44 bits per heavy atom. The van der Waals surface area contributed by atoms with Crippen LogP contribution in [0.5, 0.6) is 6.01 Å². The molecule has 0 fully saturated rings. The number of alkyl halides is 2. The van der Waals surface area contributed by atoms with Crippen molar-refractivity contribution in [2.24, 2.45) is 0 Å². The van der Waals surface area contributed by atoms with Crippen LogP contribution in [0.1, 0.15) is 41.1 Å². The van der Waals surface area contributed by atoms with Gasteiger partial charge in [0.05, 0.1) is 35.5 Å². The Bertz CT molecular complexity index is 1250. The zero-order valence-corrected chi connectivity index (χ0v) is 18.5. The van der Waals surface area contributed by atoms with Crippen LogP contribution in [-0.4, -0.2) is 52.4 Å². The summed E-state index contributed by atoms with van der Waals surface area (Å²) in [5.41, 5.74) is -0.846. The number of rotatable bonds is 7. The van der Waals surface area contributed by atoms with Gasteiger partial charge in [-0.05, 0) is 25.1 Å². The minimum atomic E-state index is -3.83. The molecule has 0 aliphatic carbocycles. The van der Waals surface area contributed by atoms with Gasteiger partial charge in [0.1, 0.15) is 0 Å². The molecule has 2 aromatic heterocycles. The molecule has 0 unspecified atom stereocenters. The van der Waals surface area contributed by atoms with Crippen molar-refractivity contribution in [3.63, 3.8) is 0 Å². The Hall–Kier alpha value is -3.19. The Balaban J connectivity index is 1.95. The highest BCUT2D eigenvalue weighted by Gasteiger charge is 2.23. The number of carbonyl (C=O) groups is 1. The van der Waals surface area contributed by atoms with E-state index in [-0.39, 0.29) is 23.3 Å². The van der Waals surface area contributed by atoms with Crippen molar-refractivity contribution in [3.8, 4) is 12.0 Å². The number of carbonyl (C=O) groups excluding carboxylic acids is 1. The van der Waals surface area contributed by atoms with Crippen LogP contribution in [0.15, 0.2) is 35.5 Å². The van der Waals surface area contributed by atoms with Gasteiger partial charge in [0.2, 0.25) is 0 Å². The van der Waals surface area contributed by atoms with Crippen LogP contribution in [0.25, 0.3) is 5.95 Å². The molecule has 0 saturated carbocycles. The van der Waals surface area contributed by atoms with E-state index < -0.39 is 38.7 Å². The van der Waals surface area contributed by atoms with Crippen molar-refractivity contribution in [3.05, 3.63) is 52.6 Å². The number of methoxy groups -OCH3 is 1. The summed E-state index contributed by atoms with van der Waals surface area (Å²) in [4.78, 5) is 24.6. The number of amides is 1. The number of ether oxygens (including phenoxy) is 1. The van der Waals surface area contributed by atoms with E-state index >= 15 is 0 Å². The highest BCUT2D eigenvalue weighted by atomic mass is 35.5. The number of nitrogens with zero attached hydrogens (tertiary/aromatic N) is 5. The topological polar surface area (TPSA) is 129 Å². The third-order valence-electron chi connectivity index (χ3n) is 4.20. The van der Waals surface area contributed by atoms with Gasteiger partial charge in [0, 0.05) is 17.4 Å². The van der Waals surface area contributed by atoms with Gasteiger partial charge in [0.25, 0.3) is 18.3 Å². The largest absolute Gasteiger partial charge is 0.466 e. The smallest absolute Gasteiger partial charge is 0.335 e. The molecular formula is C18H17ClF2N6O4S. The highest BCUT2D eigenvalue weighted by Crippen LogP contribution is 2.25. The first-order chi connectivity index (χ1) is 15.0. The molecule has 170 valence electrons. The Kier molecular flexibility index (Phi) is 6.69. The van der Waals surface area contributed by atoms with E-state index in [4.69, 9.17) is 16.3 Å². The minimum Gasteiger partial charge on any atom is -0.466 e. The maximum Gasteiger partial charge on any atom is 0.335 e. The lowest BCUT2D eigenvalue weighted by molar-refractivity contribution is 0.0937. The van der Waals surface area contributed by atoms with Gasteiger partial charge >= 0.3 is 6.01 Å². The summed E-state index contributed by atoms with van der Waals surface area (Å²) < 4.78 is 56.4. The maximum atomic E-state index is 13.2. The van der Waals surface area contributed by atoms with Crippen LogP contribution in [0.3, 0.4) is 0 Å². The number of hydrogen-bond acceptors (Lipinski definition) is 8. The van der Waals surface area contributed by atoms with Gasteiger partial charge in [0.15, 0.2) is 15.7 Å². The van der Waals surface area contributed by atoms with Gasteiger partial charge < -0.3 is 10.1 Å². The highest BCUT2D eigenvalue weighted by molar-refractivity contribution is 7.90. The molecule has 1 N–H and O–H groups in total. The van der Waals surface area contributed by atoms with Crippen LogP contribution >= 0.6 is 11.6 Å². The zero-order valence-electron chi connectivity index (χ0n) is 17.0. The van der Waals surface area contributed by atoms with E-state index in [1.54, 1.807) is 6.92 Å². The first kappa shape index (κ1) is 23.5. The van der Waals surface area contributed by atoms with Crippen molar-refractivity contribution in [2.45, 2.75) is 24.3 Å². The third kappa shape index (κ3) is 5.16. The van der Waals surface area contributed by atoms with Gasteiger partial charge in [-0.25, -0.2) is 27.2 Å². The molecule has 1 aromatic carbocycles. The number of sulfone groups is 1. The molecule has 32 heavy (non-hydrogen) atoms. The number of benzene rings is 1. The second kappa shape index (κ2) is 9.12. The molecule has 1 atom stereocenters. The number of aromatic nitrogens is 5.